The molecule has 0 saturated carbocycles. The minimum Gasteiger partial charge on any atom is -0.497 e. The van der Waals surface area contributed by atoms with Crippen LogP contribution in [0.5, 0.6) is 11.5 Å². The second-order valence-corrected chi connectivity index (χ2v) is 8.86. The van der Waals surface area contributed by atoms with Crippen molar-refractivity contribution in [3.05, 3.63) is 48.0 Å². The quantitative estimate of drug-likeness (QED) is 0.706. The van der Waals surface area contributed by atoms with Crippen LogP contribution in [0.15, 0.2) is 47.4 Å². The molecule has 1 aliphatic rings. The SMILES string of the molecule is COc1ccc(OC)c(S(=O)(=O)NCCc2ccc(N3CCN(C)CC3)cc2)c1. The van der Waals surface area contributed by atoms with Crippen molar-refractivity contribution in [1.82, 2.24) is 9.62 Å². The van der Waals surface area contributed by atoms with E-state index >= 15 is 0 Å². The summed E-state index contributed by atoms with van der Waals surface area (Å²) in [5.74, 6) is 0.750. The van der Waals surface area contributed by atoms with Crippen LogP contribution in [0, 0.1) is 0 Å². The lowest BCUT2D eigenvalue weighted by molar-refractivity contribution is 0.313. The van der Waals surface area contributed by atoms with Crippen LogP contribution >= 0.6 is 0 Å². The first-order chi connectivity index (χ1) is 13.9. The summed E-state index contributed by atoms with van der Waals surface area (Å²) < 4.78 is 38.4. The number of nitrogens with one attached hydrogen (secondary N) is 1. The van der Waals surface area contributed by atoms with E-state index in [-0.39, 0.29) is 10.6 Å². The highest BCUT2D eigenvalue weighted by molar-refractivity contribution is 7.89. The third kappa shape index (κ3) is 5.41. The van der Waals surface area contributed by atoms with Gasteiger partial charge in [-0.1, -0.05) is 12.1 Å². The minimum absolute atomic E-state index is 0.0739. The summed E-state index contributed by atoms with van der Waals surface area (Å²) in [7, 11) is 1.38. The highest BCUT2D eigenvalue weighted by atomic mass is 32.2. The first-order valence-corrected chi connectivity index (χ1v) is 11.2. The maximum atomic E-state index is 12.7. The van der Waals surface area contributed by atoms with Gasteiger partial charge in [0.2, 0.25) is 10.0 Å². The Kier molecular flexibility index (Phi) is 7.00. The van der Waals surface area contributed by atoms with E-state index in [9.17, 15) is 8.42 Å². The van der Waals surface area contributed by atoms with E-state index in [0.717, 1.165) is 31.7 Å². The number of hydrogen-bond acceptors (Lipinski definition) is 6. The van der Waals surface area contributed by atoms with Crippen molar-refractivity contribution in [3.8, 4) is 11.5 Å². The first kappa shape index (κ1) is 21.4. The summed E-state index contributed by atoms with van der Waals surface area (Å²) in [6.45, 7) is 4.49. The van der Waals surface area contributed by atoms with Gasteiger partial charge in [0.15, 0.2) is 0 Å². The van der Waals surface area contributed by atoms with E-state index in [1.165, 1.54) is 26.0 Å². The monoisotopic (exact) mass is 419 g/mol. The molecule has 0 atom stereocenters. The molecule has 0 amide bonds. The molecule has 0 spiro atoms. The van der Waals surface area contributed by atoms with Gasteiger partial charge in [-0.25, -0.2) is 13.1 Å². The number of nitrogens with zero attached hydrogens (tertiary/aromatic N) is 2. The predicted molar refractivity (Wildman–Crippen MR) is 115 cm³/mol. The number of anilines is 1. The zero-order chi connectivity index (χ0) is 20.9. The molecule has 0 bridgehead atoms. The van der Waals surface area contributed by atoms with E-state index < -0.39 is 10.0 Å². The molecule has 1 heterocycles. The van der Waals surface area contributed by atoms with Crippen molar-refractivity contribution < 1.29 is 17.9 Å². The Morgan fingerprint density at radius 3 is 2.28 bits per heavy atom. The topological polar surface area (TPSA) is 71.1 Å². The number of likely N-dealkylation sites (N-methyl/N-ethyl adjacent to an activating group) is 1. The average molecular weight is 420 g/mol. The number of piperazine rings is 1. The van der Waals surface area contributed by atoms with Crippen LogP contribution in [0.2, 0.25) is 0 Å². The molecular weight excluding hydrogens is 390 g/mol. The molecule has 0 aliphatic carbocycles. The number of ether oxygens (including phenoxy) is 2. The lowest BCUT2D eigenvalue weighted by Gasteiger charge is -2.34. The second-order valence-electron chi connectivity index (χ2n) is 7.12. The molecule has 2 aromatic carbocycles. The van der Waals surface area contributed by atoms with Gasteiger partial charge in [0.25, 0.3) is 0 Å². The molecule has 2 aromatic rings. The van der Waals surface area contributed by atoms with Gasteiger partial charge in [-0.15, -0.1) is 0 Å². The van der Waals surface area contributed by atoms with Crippen LogP contribution in [-0.4, -0.2) is 67.3 Å². The normalized spacial score (nSPS) is 15.3. The van der Waals surface area contributed by atoms with Gasteiger partial charge in [-0.2, -0.15) is 0 Å². The number of rotatable bonds is 8. The molecule has 0 radical (unpaired) electrons. The summed E-state index contributed by atoms with van der Waals surface area (Å²) >= 11 is 0. The zero-order valence-electron chi connectivity index (χ0n) is 17.2. The predicted octanol–water partition coefficient (Wildman–Crippen LogP) is 1.98. The zero-order valence-corrected chi connectivity index (χ0v) is 18.0. The Balaban J connectivity index is 1.59. The largest absolute Gasteiger partial charge is 0.497 e. The van der Waals surface area contributed by atoms with Crippen LogP contribution in [0.1, 0.15) is 5.56 Å². The molecule has 1 N–H and O–H groups in total. The van der Waals surface area contributed by atoms with Gasteiger partial charge < -0.3 is 19.3 Å². The molecule has 158 valence electrons. The third-order valence-corrected chi connectivity index (χ3v) is 6.65. The fourth-order valence-electron chi connectivity index (χ4n) is 3.34. The van der Waals surface area contributed by atoms with Gasteiger partial charge >= 0.3 is 0 Å². The summed E-state index contributed by atoms with van der Waals surface area (Å²) in [6.07, 6.45) is 0.606. The van der Waals surface area contributed by atoms with Gasteiger partial charge in [-0.3, -0.25) is 0 Å². The van der Waals surface area contributed by atoms with Crippen molar-refractivity contribution in [2.45, 2.75) is 11.3 Å². The van der Waals surface area contributed by atoms with Crippen LogP contribution < -0.4 is 19.1 Å². The minimum atomic E-state index is -3.70. The van der Waals surface area contributed by atoms with Crippen LogP contribution in [-0.2, 0) is 16.4 Å². The maximum absolute atomic E-state index is 12.7. The molecule has 29 heavy (non-hydrogen) atoms. The van der Waals surface area contributed by atoms with Crippen molar-refractivity contribution >= 4 is 15.7 Å². The molecule has 1 saturated heterocycles. The Bertz CT molecular complexity index is 908. The lowest BCUT2D eigenvalue weighted by atomic mass is 10.1. The number of sulfonamides is 1. The molecule has 1 fully saturated rings. The van der Waals surface area contributed by atoms with Gasteiger partial charge in [0, 0.05) is 44.5 Å². The van der Waals surface area contributed by atoms with Crippen molar-refractivity contribution in [3.63, 3.8) is 0 Å². The first-order valence-electron chi connectivity index (χ1n) is 9.67. The summed E-state index contributed by atoms with van der Waals surface area (Å²) in [5, 5.41) is 0. The van der Waals surface area contributed by atoms with Crippen molar-refractivity contribution in [1.29, 1.82) is 0 Å². The standard InChI is InChI=1S/C21H29N3O4S/c1-23-12-14-24(15-13-23)18-6-4-17(5-7-18)10-11-22-29(25,26)21-16-19(27-2)8-9-20(21)28-3/h4-9,16,22H,10-15H2,1-3H3. The van der Waals surface area contributed by atoms with Crippen LogP contribution in [0.25, 0.3) is 0 Å². The number of hydrogen-bond donors (Lipinski definition) is 1. The van der Waals surface area contributed by atoms with Gasteiger partial charge in [0.05, 0.1) is 14.2 Å². The second kappa shape index (κ2) is 9.47. The van der Waals surface area contributed by atoms with Gasteiger partial charge in [0.1, 0.15) is 16.4 Å². The Morgan fingerprint density at radius 1 is 0.966 bits per heavy atom. The smallest absolute Gasteiger partial charge is 0.244 e. The molecule has 7 nitrogen and oxygen atoms in total. The molecule has 1 aliphatic heterocycles. The average Bonchev–Trinajstić information content (AvgIpc) is 2.74. The molecule has 0 unspecified atom stereocenters. The molecular formula is C21H29N3O4S. The molecule has 3 rings (SSSR count). The highest BCUT2D eigenvalue weighted by Crippen LogP contribution is 2.28. The van der Waals surface area contributed by atoms with E-state index in [1.807, 2.05) is 0 Å². The van der Waals surface area contributed by atoms with Gasteiger partial charge in [-0.05, 0) is 43.3 Å². The fourth-order valence-corrected chi connectivity index (χ4v) is 4.55. The Labute approximate surface area is 173 Å². The summed E-state index contributed by atoms with van der Waals surface area (Å²) in [6, 6.07) is 13.1. The number of benzene rings is 2. The van der Waals surface area contributed by atoms with E-state index in [0.29, 0.717) is 18.7 Å². The van der Waals surface area contributed by atoms with E-state index in [2.05, 4.69) is 45.8 Å². The Morgan fingerprint density at radius 2 is 1.66 bits per heavy atom. The van der Waals surface area contributed by atoms with Crippen molar-refractivity contribution in [2.24, 2.45) is 0 Å². The molecule has 0 aromatic heterocycles. The third-order valence-electron chi connectivity index (χ3n) is 5.17. The fraction of sp³-hybridized carbons (Fsp3) is 0.429. The summed E-state index contributed by atoms with van der Waals surface area (Å²) in [5.41, 5.74) is 2.30. The lowest BCUT2D eigenvalue weighted by Crippen LogP contribution is -2.44. The summed E-state index contributed by atoms with van der Waals surface area (Å²) in [4.78, 5) is 4.78. The van der Waals surface area contributed by atoms with Crippen LogP contribution in [0.3, 0.4) is 0 Å². The van der Waals surface area contributed by atoms with Crippen LogP contribution in [0.4, 0.5) is 5.69 Å². The van der Waals surface area contributed by atoms with E-state index in [4.69, 9.17) is 9.47 Å². The van der Waals surface area contributed by atoms with E-state index in [1.54, 1.807) is 12.1 Å². The maximum Gasteiger partial charge on any atom is 0.244 e. The Hall–Kier alpha value is -2.29. The van der Waals surface area contributed by atoms with Crippen molar-refractivity contribution in [2.75, 3.05) is 58.9 Å². The highest BCUT2D eigenvalue weighted by Gasteiger charge is 2.20. The molecule has 8 heteroatoms. The number of methoxy groups -OCH3 is 2.